The molecule has 0 aromatic heterocycles. The molecule has 190 valence electrons. The molecule has 2 aliphatic rings. The van der Waals surface area contributed by atoms with Gasteiger partial charge in [0.05, 0.1) is 10.9 Å². The molecule has 3 nitrogen and oxygen atoms in total. The van der Waals surface area contributed by atoms with Crippen LogP contribution in [-0.2, 0) is 9.59 Å². The van der Waals surface area contributed by atoms with Crippen LogP contribution in [0.2, 0.25) is 0 Å². The molecule has 1 saturated carbocycles. The Labute approximate surface area is 232 Å². The summed E-state index contributed by atoms with van der Waals surface area (Å²) in [6.07, 6.45) is 0. The lowest BCUT2D eigenvalue weighted by molar-refractivity contribution is -0.119. The molecule has 0 radical (unpaired) electrons. The lowest BCUT2D eigenvalue weighted by Crippen LogP contribution is -2.48. The summed E-state index contributed by atoms with van der Waals surface area (Å²) in [4.78, 5) is 42.5. The minimum Gasteiger partial charge on any atom is -0.289 e. The number of carbonyl (C=O) groups is 3. The molecular formula is C36H23O3P. The summed E-state index contributed by atoms with van der Waals surface area (Å²) in [5, 5.41) is 3.18. The average molecular weight is 535 g/mol. The van der Waals surface area contributed by atoms with Gasteiger partial charge in [0.25, 0.3) is 0 Å². The summed E-state index contributed by atoms with van der Waals surface area (Å²) >= 11 is 0. The Morgan fingerprint density at radius 3 is 1.02 bits per heavy atom. The zero-order chi connectivity index (χ0) is 27.3. The van der Waals surface area contributed by atoms with Crippen LogP contribution in [-0.4, -0.2) is 22.6 Å². The molecular weight excluding hydrogens is 511 g/mol. The van der Waals surface area contributed by atoms with Crippen molar-refractivity contribution < 1.29 is 14.4 Å². The van der Waals surface area contributed by atoms with Gasteiger partial charge in [0.2, 0.25) is 11.6 Å². The van der Waals surface area contributed by atoms with Gasteiger partial charge in [-0.25, -0.2) is 0 Å². The maximum absolute atomic E-state index is 14.6. The standard InChI is InChI=1S/C36H23O3P/c37-33-29-22-12-10-20-27(29)31(28-21-11-13-23-30(28)33)32-34(38)36(35(32)39)40(24-14-4-1-5-15-24,25-16-6-2-7-17-25)26-18-8-3-9-19-26/h1-23H. The highest BCUT2D eigenvalue weighted by atomic mass is 31.2. The average Bonchev–Trinajstić information content (AvgIpc) is 3.03. The first-order valence-corrected chi connectivity index (χ1v) is 14.9. The molecule has 40 heavy (non-hydrogen) atoms. The van der Waals surface area contributed by atoms with E-state index in [1.165, 1.54) is 0 Å². The van der Waals surface area contributed by atoms with Crippen LogP contribution in [0.15, 0.2) is 145 Å². The van der Waals surface area contributed by atoms with Crippen molar-refractivity contribution in [2.45, 2.75) is 0 Å². The number of ketones is 3. The highest BCUT2D eigenvalue weighted by Gasteiger charge is 2.49. The molecule has 5 aromatic rings. The van der Waals surface area contributed by atoms with Gasteiger partial charge in [-0.3, -0.25) is 14.4 Å². The van der Waals surface area contributed by atoms with Crippen molar-refractivity contribution in [2.24, 2.45) is 0 Å². The number of carbonyl (C=O) groups excluding carboxylic acids is 3. The SMILES string of the molecule is O=C1C(=C2c3ccccc3C(=O)c3ccccc32)C(=O)C1=P(c1ccccc1)(c1ccccc1)c1ccccc1. The maximum atomic E-state index is 14.6. The Bertz CT molecular complexity index is 1760. The molecule has 7 rings (SSSR count). The molecule has 1 fully saturated rings. The van der Waals surface area contributed by atoms with Gasteiger partial charge in [0, 0.05) is 16.7 Å². The predicted molar refractivity (Wildman–Crippen MR) is 163 cm³/mol. The zero-order valence-corrected chi connectivity index (χ0v) is 22.3. The molecule has 0 saturated heterocycles. The highest BCUT2D eigenvalue weighted by Crippen LogP contribution is 2.51. The first-order chi connectivity index (χ1) is 19.6. The number of rotatable bonds is 3. The first kappa shape index (κ1) is 24.2. The Kier molecular flexibility index (Phi) is 5.70. The van der Waals surface area contributed by atoms with E-state index in [0.717, 1.165) is 15.9 Å². The van der Waals surface area contributed by atoms with Crippen LogP contribution < -0.4 is 15.9 Å². The third-order valence-corrected chi connectivity index (χ3v) is 12.1. The smallest absolute Gasteiger partial charge is 0.202 e. The monoisotopic (exact) mass is 534 g/mol. The van der Waals surface area contributed by atoms with Gasteiger partial charge in [-0.1, -0.05) is 140 Å². The molecule has 0 amide bonds. The van der Waals surface area contributed by atoms with Crippen LogP contribution in [0.25, 0.3) is 5.57 Å². The van der Waals surface area contributed by atoms with Gasteiger partial charge in [0.15, 0.2) is 5.78 Å². The first-order valence-electron chi connectivity index (χ1n) is 13.1. The van der Waals surface area contributed by atoms with Gasteiger partial charge in [-0.05, 0) is 33.9 Å². The van der Waals surface area contributed by atoms with Crippen LogP contribution in [0.5, 0.6) is 0 Å². The molecule has 0 atom stereocenters. The lowest BCUT2D eigenvalue weighted by atomic mass is 9.74. The third-order valence-electron chi connectivity index (χ3n) is 7.78. The molecule has 5 aromatic carbocycles. The predicted octanol–water partition coefficient (Wildman–Crippen LogP) is 5.35. The molecule has 0 N–H and O–H groups in total. The molecule has 0 unspecified atom stereocenters. The highest BCUT2D eigenvalue weighted by molar-refractivity contribution is 7.98. The van der Waals surface area contributed by atoms with Gasteiger partial charge in [-0.15, -0.1) is 0 Å². The topological polar surface area (TPSA) is 51.2 Å². The summed E-state index contributed by atoms with van der Waals surface area (Å²) < 4.78 is 0. The second-order valence-electron chi connectivity index (χ2n) is 9.85. The summed E-state index contributed by atoms with van der Waals surface area (Å²) in [5.41, 5.74) is 2.99. The minimum atomic E-state index is -2.82. The van der Waals surface area contributed by atoms with E-state index in [0.29, 0.717) is 33.1 Å². The van der Waals surface area contributed by atoms with Crippen molar-refractivity contribution in [1.29, 1.82) is 0 Å². The van der Waals surface area contributed by atoms with Crippen molar-refractivity contribution >= 4 is 51.0 Å². The van der Waals surface area contributed by atoms with Gasteiger partial charge < -0.3 is 0 Å². The van der Waals surface area contributed by atoms with E-state index < -0.39 is 6.89 Å². The van der Waals surface area contributed by atoms with Gasteiger partial charge >= 0.3 is 0 Å². The molecule has 0 bridgehead atoms. The van der Waals surface area contributed by atoms with Crippen LogP contribution >= 0.6 is 6.89 Å². The quantitative estimate of drug-likeness (QED) is 0.175. The summed E-state index contributed by atoms with van der Waals surface area (Å²) in [6.45, 7) is -2.82. The van der Waals surface area contributed by atoms with E-state index in [4.69, 9.17) is 0 Å². The van der Waals surface area contributed by atoms with Crippen molar-refractivity contribution in [3.63, 3.8) is 0 Å². The second-order valence-corrected chi connectivity index (χ2v) is 13.2. The number of fused-ring (bicyclic) bond motifs is 2. The van der Waals surface area contributed by atoms with Crippen LogP contribution in [0.3, 0.4) is 0 Å². The van der Waals surface area contributed by atoms with E-state index in [1.807, 2.05) is 127 Å². The number of allylic oxidation sites excluding steroid dienone is 1. The third kappa shape index (κ3) is 3.35. The summed E-state index contributed by atoms with van der Waals surface area (Å²) in [7, 11) is 0. The fourth-order valence-corrected chi connectivity index (χ4v) is 10.4. The normalized spacial score (nSPS) is 14.5. The molecule has 0 spiro atoms. The number of Topliss-reactive ketones (excluding diaryl/α,β-unsaturated/α-hetero) is 2. The van der Waals surface area contributed by atoms with E-state index >= 15 is 0 Å². The fourth-order valence-electron chi connectivity index (χ4n) is 6.06. The van der Waals surface area contributed by atoms with Crippen molar-refractivity contribution in [3.8, 4) is 0 Å². The van der Waals surface area contributed by atoms with Crippen LogP contribution in [0.4, 0.5) is 0 Å². The Morgan fingerprint density at radius 1 is 0.325 bits per heavy atom. The fraction of sp³-hybridized carbons (Fsp3) is 0. The summed E-state index contributed by atoms with van der Waals surface area (Å²) in [5.74, 6) is -0.591. The van der Waals surface area contributed by atoms with Gasteiger partial charge in [-0.2, -0.15) is 0 Å². The van der Waals surface area contributed by atoms with Gasteiger partial charge in [0.1, 0.15) is 0 Å². The minimum absolute atomic E-state index is 0.0984. The Balaban J connectivity index is 1.61. The molecule has 4 heteroatoms. The number of hydrogen-bond donors (Lipinski definition) is 0. The molecule has 2 aliphatic carbocycles. The van der Waals surface area contributed by atoms with E-state index in [2.05, 4.69) is 0 Å². The second kappa shape index (κ2) is 9.41. The maximum Gasteiger partial charge on any atom is 0.202 e. The van der Waals surface area contributed by atoms with Crippen molar-refractivity contribution in [2.75, 3.05) is 0 Å². The van der Waals surface area contributed by atoms with Crippen LogP contribution in [0, 0.1) is 0 Å². The molecule has 0 heterocycles. The number of benzene rings is 5. The Morgan fingerprint density at radius 2 is 0.650 bits per heavy atom. The van der Waals surface area contributed by atoms with Crippen molar-refractivity contribution in [3.05, 3.63) is 167 Å². The Hall–Kier alpha value is -4.85. The van der Waals surface area contributed by atoms with Crippen molar-refractivity contribution in [1.82, 2.24) is 0 Å². The van der Waals surface area contributed by atoms with E-state index in [1.54, 1.807) is 12.1 Å². The lowest BCUT2D eigenvalue weighted by Gasteiger charge is -2.37. The van der Waals surface area contributed by atoms with E-state index in [-0.39, 0.29) is 22.9 Å². The largest absolute Gasteiger partial charge is 0.289 e. The van der Waals surface area contributed by atoms with E-state index in [9.17, 15) is 14.4 Å². The molecule has 0 aliphatic heterocycles. The summed E-state index contributed by atoms with van der Waals surface area (Å²) in [6, 6.07) is 44.3. The zero-order valence-electron chi connectivity index (χ0n) is 21.5. The van der Waals surface area contributed by atoms with Crippen LogP contribution in [0.1, 0.15) is 27.0 Å². The number of hydrogen-bond acceptors (Lipinski definition) is 3.